The molecule has 8 heteroatoms. The van der Waals surface area contributed by atoms with Crippen LogP contribution >= 0.6 is 0 Å². The predicted molar refractivity (Wildman–Crippen MR) is 79.1 cm³/mol. The van der Waals surface area contributed by atoms with Crippen LogP contribution in [0, 0.1) is 0 Å². The van der Waals surface area contributed by atoms with Gasteiger partial charge in [0.25, 0.3) is 5.91 Å². The van der Waals surface area contributed by atoms with Crippen molar-refractivity contribution in [1.29, 1.82) is 0 Å². The van der Waals surface area contributed by atoms with E-state index < -0.39 is 29.8 Å². The largest absolute Gasteiger partial charge is 0.416 e. The molecule has 128 valence electrons. The number of likely N-dealkylation sites (tertiary alicyclic amines) is 1. The molecule has 0 radical (unpaired) electrons. The number of alkyl halides is 3. The Morgan fingerprint density at radius 3 is 2.67 bits per heavy atom. The number of aliphatic hydroxyl groups excluding tert-OH is 1. The van der Waals surface area contributed by atoms with Crippen LogP contribution in [0.5, 0.6) is 0 Å². The van der Waals surface area contributed by atoms with Crippen molar-refractivity contribution in [3.63, 3.8) is 0 Å². The molecule has 1 aliphatic heterocycles. The molecule has 3 rings (SSSR count). The first-order valence-corrected chi connectivity index (χ1v) is 7.40. The predicted octanol–water partition coefficient (Wildman–Crippen LogP) is 2.39. The molecule has 0 spiro atoms. The zero-order chi connectivity index (χ0) is 17.5. The number of carbonyl (C=O) groups excluding carboxylic acids is 1. The van der Waals surface area contributed by atoms with Crippen LogP contribution in [0.25, 0.3) is 0 Å². The topological polar surface area (TPSA) is 58.4 Å². The molecule has 1 saturated heterocycles. The molecule has 0 unspecified atom stereocenters. The number of amides is 1. The summed E-state index contributed by atoms with van der Waals surface area (Å²) in [6.45, 7) is -0.0216. The molecule has 24 heavy (non-hydrogen) atoms. The van der Waals surface area contributed by atoms with Crippen molar-refractivity contribution >= 4 is 5.91 Å². The van der Waals surface area contributed by atoms with Gasteiger partial charge in [0.05, 0.1) is 24.0 Å². The van der Waals surface area contributed by atoms with Gasteiger partial charge in [0.15, 0.2) is 0 Å². The Labute approximate surface area is 136 Å². The molecule has 2 aromatic rings. The summed E-state index contributed by atoms with van der Waals surface area (Å²) in [5, 5.41) is 9.93. The summed E-state index contributed by atoms with van der Waals surface area (Å²) in [6, 6.07) is 4.31. The molecular formula is C16H16F3N3O2. The maximum Gasteiger partial charge on any atom is 0.416 e. The minimum Gasteiger partial charge on any atom is -0.391 e. The van der Waals surface area contributed by atoms with E-state index in [0.29, 0.717) is 0 Å². The second kappa shape index (κ2) is 5.94. The van der Waals surface area contributed by atoms with Gasteiger partial charge in [-0.05, 0) is 18.1 Å². The number of carbonyl (C=O) groups is 1. The molecular weight excluding hydrogens is 323 g/mol. The van der Waals surface area contributed by atoms with Gasteiger partial charge in [-0.1, -0.05) is 18.2 Å². The van der Waals surface area contributed by atoms with Crippen LogP contribution in [-0.2, 0) is 13.2 Å². The van der Waals surface area contributed by atoms with Gasteiger partial charge in [-0.15, -0.1) is 0 Å². The number of nitrogens with zero attached hydrogens (tertiary/aromatic N) is 3. The van der Waals surface area contributed by atoms with E-state index in [0.717, 1.165) is 6.07 Å². The van der Waals surface area contributed by atoms with Crippen LogP contribution in [0.1, 0.15) is 34.1 Å². The van der Waals surface area contributed by atoms with Crippen LogP contribution in [0.3, 0.4) is 0 Å². The fourth-order valence-corrected chi connectivity index (χ4v) is 3.05. The lowest BCUT2D eigenvalue weighted by molar-refractivity contribution is -0.138. The van der Waals surface area contributed by atoms with Gasteiger partial charge in [-0.25, -0.2) is 4.98 Å². The van der Waals surface area contributed by atoms with Gasteiger partial charge < -0.3 is 14.6 Å². The van der Waals surface area contributed by atoms with Crippen molar-refractivity contribution in [2.24, 2.45) is 7.05 Å². The van der Waals surface area contributed by atoms with Gasteiger partial charge in [-0.3, -0.25) is 4.79 Å². The molecule has 0 bridgehead atoms. The van der Waals surface area contributed by atoms with Crippen LogP contribution in [-0.4, -0.2) is 38.1 Å². The maximum absolute atomic E-state index is 13.3. The molecule has 1 aromatic heterocycles. The van der Waals surface area contributed by atoms with Crippen LogP contribution in [0.2, 0.25) is 0 Å². The molecule has 1 aliphatic rings. The van der Waals surface area contributed by atoms with Crippen molar-refractivity contribution in [2.75, 3.05) is 6.54 Å². The third-order valence-corrected chi connectivity index (χ3v) is 4.09. The molecule has 1 fully saturated rings. The minimum atomic E-state index is -4.52. The molecule has 2 heterocycles. The Bertz CT molecular complexity index is 757. The van der Waals surface area contributed by atoms with E-state index in [9.17, 15) is 23.1 Å². The van der Waals surface area contributed by atoms with Crippen LogP contribution < -0.4 is 0 Å². The summed E-state index contributed by atoms with van der Waals surface area (Å²) in [6.07, 6.45) is -2.39. The number of β-amino-alcohol motifs (C(OH)–C–C–N with tert-alkyl or cyclic N) is 1. The minimum absolute atomic E-state index is 0.00849. The van der Waals surface area contributed by atoms with Crippen LogP contribution in [0.4, 0.5) is 13.2 Å². The number of rotatable bonds is 2. The lowest BCUT2D eigenvalue weighted by Gasteiger charge is -2.26. The number of aliphatic hydroxyl groups is 1. The summed E-state index contributed by atoms with van der Waals surface area (Å²) < 4.78 is 41.4. The third-order valence-electron chi connectivity index (χ3n) is 4.09. The molecule has 0 saturated carbocycles. The van der Waals surface area contributed by atoms with Gasteiger partial charge in [0.1, 0.15) is 5.69 Å². The van der Waals surface area contributed by atoms with Crippen LogP contribution in [0.15, 0.2) is 36.8 Å². The standard InChI is InChI=1S/C16H16F3N3O2/c1-21-8-13(20-9-21)15(24)22-7-10(23)6-14(22)11-4-2-3-5-12(11)16(17,18)19/h2-5,8-10,14,23H,6-7H2,1H3/t10-,14-/m1/s1. The molecule has 1 aromatic carbocycles. The van der Waals surface area contributed by atoms with Crippen molar-refractivity contribution < 1.29 is 23.1 Å². The highest BCUT2D eigenvalue weighted by Gasteiger charge is 2.41. The lowest BCUT2D eigenvalue weighted by Crippen LogP contribution is -2.32. The Morgan fingerprint density at radius 2 is 2.04 bits per heavy atom. The number of hydrogen-bond acceptors (Lipinski definition) is 3. The quantitative estimate of drug-likeness (QED) is 0.914. The van der Waals surface area contributed by atoms with Crippen molar-refractivity contribution in [1.82, 2.24) is 14.5 Å². The molecule has 2 atom stereocenters. The maximum atomic E-state index is 13.3. The first-order chi connectivity index (χ1) is 11.3. The highest BCUT2D eigenvalue weighted by Crippen LogP contribution is 2.40. The third kappa shape index (κ3) is 3.01. The summed E-state index contributed by atoms with van der Waals surface area (Å²) in [4.78, 5) is 17.8. The number of hydrogen-bond donors (Lipinski definition) is 1. The van der Waals surface area contributed by atoms with Gasteiger partial charge in [-0.2, -0.15) is 13.2 Å². The number of halogens is 3. The van der Waals surface area contributed by atoms with E-state index in [-0.39, 0.29) is 24.2 Å². The van der Waals surface area contributed by atoms with Crippen molar-refractivity contribution in [3.05, 3.63) is 53.6 Å². The lowest BCUT2D eigenvalue weighted by atomic mass is 9.97. The average Bonchev–Trinajstić information content (AvgIpc) is 3.12. The Kier molecular flexibility index (Phi) is 4.08. The average molecular weight is 339 g/mol. The second-order valence-corrected chi connectivity index (χ2v) is 5.87. The number of benzene rings is 1. The highest BCUT2D eigenvalue weighted by atomic mass is 19.4. The van der Waals surface area contributed by atoms with Gasteiger partial charge in [0.2, 0.25) is 0 Å². The zero-order valence-corrected chi connectivity index (χ0v) is 12.9. The van der Waals surface area contributed by atoms with E-state index in [1.54, 1.807) is 11.6 Å². The molecule has 0 aliphatic carbocycles. The normalized spacial score (nSPS) is 21.3. The number of imidazole rings is 1. The Balaban J connectivity index is 1.99. The number of aryl methyl sites for hydroxylation is 1. The van der Waals surface area contributed by atoms with E-state index in [4.69, 9.17) is 0 Å². The van der Waals surface area contributed by atoms with Crippen molar-refractivity contribution in [2.45, 2.75) is 24.7 Å². The first kappa shape index (κ1) is 16.5. The smallest absolute Gasteiger partial charge is 0.391 e. The van der Waals surface area contributed by atoms with E-state index >= 15 is 0 Å². The Hall–Kier alpha value is -2.35. The van der Waals surface area contributed by atoms with E-state index in [2.05, 4.69) is 4.98 Å². The summed E-state index contributed by atoms with van der Waals surface area (Å²) in [5.41, 5.74) is -0.658. The summed E-state index contributed by atoms with van der Waals surface area (Å²) >= 11 is 0. The molecule has 1 N–H and O–H groups in total. The van der Waals surface area contributed by atoms with Gasteiger partial charge in [0, 0.05) is 19.8 Å². The summed E-state index contributed by atoms with van der Waals surface area (Å²) in [7, 11) is 1.69. The van der Waals surface area contributed by atoms with Gasteiger partial charge >= 0.3 is 6.18 Å². The fourth-order valence-electron chi connectivity index (χ4n) is 3.05. The monoisotopic (exact) mass is 339 g/mol. The SMILES string of the molecule is Cn1cnc(C(=O)N2C[C@H](O)C[C@@H]2c2ccccc2C(F)(F)F)c1. The molecule has 5 nitrogen and oxygen atoms in total. The first-order valence-electron chi connectivity index (χ1n) is 7.40. The number of aromatic nitrogens is 2. The second-order valence-electron chi connectivity index (χ2n) is 5.87. The van der Waals surface area contributed by atoms with Crippen molar-refractivity contribution in [3.8, 4) is 0 Å². The van der Waals surface area contributed by atoms with E-state index in [1.165, 1.54) is 35.6 Å². The Morgan fingerprint density at radius 1 is 1.33 bits per heavy atom. The fraction of sp³-hybridized carbons (Fsp3) is 0.375. The van der Waals surface area contributed by atoms with E-state index in [1.807, 2.05) is 0 Å². The summed E-state index contributed by atoms with van der Waals surface area (Å²) in [5.74, 6) is -0.492. The highest BCUT2D eigenvalue weighted by molar-refractivity contribution is 5.92. The molecule has 1 amide bonds. The zero-order valence-electron chi connectivity index (χ0n) is 12.9.